The number of nitrogens with two attached hydrogens (primary N) is 1. The van der Waals surface area contributed by atoms with Gasteiger partial charge in [0, 0.05) is 13.0 Å². The number of rotatable bonds is 3. The van der Waals surface area contributed by atoms with Gasteiger partial charge in [-0.3, -0.25) is 14.7 Å². The van der Waals surface area contributed by atoms with E-state index in [-0.39, 0.29) is 29.5 Å². The molecule has 0 spiro atoms. The van der Waals surface area contributed by atoms with E-state index in [2.05, 4.69) is 20.8 Å². The predicted octanol–water partition coefficient (Wildman–Crippen LogP) is -0.266. The number of nitrogen functional groups attached to an aromatic ring is 1. The van der Waals surface area contributed by atoms with Crippen molar-refractivity contribution in [1.29, 1.82) is 0 Å². The van der Waals surface area contributed by atoms with Crippen LogP contribution in [0.5, 0.6) is 0 Å². The van der Waals surface area contributed by atoms with E-state index in [0.29, 0.717) is 18.7 Å². The van der Waals surface area contributed by atoms with Gasteiger partial charge in [0.05, 0.1) is 17.4 Å². The minimum absolute atomic E-state index is 0.0573. The van der Waals surface area contributed by atoms with Crippen LogP contribution in [0, 0.1) is 0 Å². The van der Waals surface area contributed by atoms with Gasteiger partial charge < -0.3 is 16.4 Å². The van der Waals surface area contributed by atoms with Crippen molar-refractivity contribution >= 4 is 17.5 Å². The first-order valence-corrected chi connectivity index (χ1v) is 5.90. The minimum Gasteiger partial charge on any atom is -0.395 e. The van der Waals surface area contributed by atoms with Crippen LogP contribution in [0.15, 0.2) is 0 Å². The molecule has 1 aromatic rings. The highest BCUT2D eigenvalue weighted by Gasteiger charge is 2.26. The normalized spacial score (nSPS) is 19.1. The molecule has 7 nitrogen and oxygen atoms in total. The lowest BCUT2D eigenvalue weighted by Gasteiger charge is -2.09. The molecule has 2 amide bonds. The second kappa shape index (κ2) is 4.67. The number of hydrogen-bond donors (Lipinski definition) is 4. The Hall–Kier alpha value is -2.05. The van der Waals surface area contributed by atoms with Crippen molar-refractivity contribution in [2.45, 2.75) is 32.2 Å². The smallest absolute Gasteiger partial charge is 0.274 e. The van der Waals surface area contributed by atoms with Crippen LogP contribution >= 0.6 is 0 Å². The summed E-state index contributed by atoms with van der Waals surface area (Å²) in [6.07, 6.45) is 0.299. The number of amides is 2. The molecule has 7 heteroatoms. The largest absolute Gasteiger partial charge is 0.395 e. The van der Waals surface area contributed by atoms with E-state index in [0.717, 1.165) is 5.69 Å². The Morgan fingerprint density at radius 2 is 2.28 bits per heavy atom. The van der Waals surface area contributed by atoms with Crippen molar-refractivity contribution in [1.82, 2.24) is 20.8 Å². The molecule has 1 aromatic heterocycles. The molecule has 5 N–H and O–H groups in total. The van der Waals surface area contributed by atoms with Crippen LogP contribution in [0.4, 0.5) is 5.69 Å². The topological polar surface area (TPSA) is 113 Å². The molecule has 0 bridgehead atoms. The van der Waals surface area contributed by atoms with Gasteiger partial charge in [-0.05, 0) is 5.92 Å². The summed E-state index contributed by atoms with van der Waals surface area (Å²) in [4.78, 5) is 23.0. The number of nitrogens with zero attached hydrogens (tertiary/aromatic N) is 1. The first kappa shape index (κ1) is 12.4. The molecule has 0 aromatic carbocycles. The van der Waals surface area contributed by atoms with Gasteiger partial charge in [-0.15, -0.1) is 0 Å². The van der Waals surface area contributed by atoms with Gasteiger partial charge >= 0.3 is 0 Å². The van der Waals surface area contributed by atoms with Crippen molar-refractivity contribution in [3.63, 3.8) is 0 Å². The molecule has 1 unspecified atom stereocenters. The monoisotopic (exact) mass is 251 g/mol. The van der Waals surface area contributed by atoms with Gasteiger partial charge in [-0.1, -0.05) is 13.8 Å². The fourth-order valence-corrected chi connectivity index (χ4v) is 1.94. The Bertz CT molecular complexity index is 480. The quantitative estimate of drug-likeness (QED) is 0.592. The third kappa shape index (κ3) is 2.29. The number of aromatic nitrogens is 2. The molecule has 1 fully saturated rings. The molecule has 1 atom stereocenters. The summed E-state index contributed by atoms with van der Waals surface area (Å²) in [6.45, 7) is 4.38. The van der Waals surface area contributed by atoms with Gasteiger partial charge in [0.25, 0.3) is 5.91 Å². The van der Waals surface area contributed by atoms with Crippen LogP contribution in [0.2, 0.25) is 0 Å². The van der Waals surface area contributed by atoms with Crippen LogP contribution in [0.25, 0.3) is 0 Å². The molecule has 1 aliphatic heterocycles. The van der Waals surface area contributed by atoms with E-state index < -0.39 is 0 Å². The van der Waals surface area contributed by atoms with Gasteiger partial charge in [0.2, 0.25) is 5.91 Å². The lowest BCUT2D eigenvalue weighted by molar-refractivity contribution is -0.119. The molecule has 1 saturated heterocycles. The van der Waals surface area contributed by atoms with Crippen LogP contribution in [0.3, 0.4) is 0 Å². The summed E-state index contributed by atoms with van der Waals surface area (Å²) in [7, 11) is 0. The van der Waals surface area contributed by atoms with Crippen molar-refractivity contribution in [2.24, 2.45) is 0 Å². The second-order valence-corrected chi connectivity index (χ2v) is 4.73. The third-order valence-electron chi connectivity index (χ3n) is 2.94. The number of aromatic amines is 1. The van der Waals surface area contributed by atoms with Crippen molar-refractivity contribution in [3.05, 3.63) is 11.4 Å². The average Bonchev–Trinajstić information content (AvgIpc) is 2.85. The maximum atomic E-state index is 12.0. The molecule has 0 saturated carbocycles. The highest BCUT2D eigenvalue weighted by molar-refractivity contribution is 5.98. The van der Waals surface area contributed by atoms with E-state index in [1.165, 1.54) is 0 Å². The van der Waals surface area contributed by atoms with Crippen molar-refractivity contribution in [3.8, 4) is 0 Å². The summed E-state index contributed by atoms with van der Waals surface area (Å²) >= 11 is 0. The molecule has 2 rings (SSSR count). The number of carbonyl (C=O) groups excluding carboxylic acids is 2. The Morgan fingerprint density at radius 3 is 2.78 bits per heavy atom. The zero-order valence-corrected chi connectivity index (χ0v) is 10.4. The fraction of sp³-hybridized carbons (Fsp3) is 0.545. The molecule has 2 heterocycles. The maximum absolute atomic E-state index is 12.0. The van der Waals surface area contributed by atoms with E-state index in [1.807, 2.05) is 13.8 Å². The van der Waals surface area contributed by atoms with E-state index in [9.17, 15) is 9.59 Å². The fourth-order valence-electron chi connectivity index (χ4n) is 1.94. The Kier molecular flexibility index (Phi) is 3.22. The lowest BCUT2D eigenvalue weighted by Crippen LogP contribution is -2.36. The summed E-state index contributed by atoms with van der Waals surface area (Å²) in [5.74, 6) is -0.232. The van der Waals surface area contributed by atoms with Crippen LogP contribution < -0.4 is 16.4 Å². The zero-order valence-electron chi connectivity index (χ0n) is 10.4. The number of anilines is 1. The first-order chi connectivity index (χ1) is 8.49. The maximum Gasteiger partial charge on any atom is 0.274 e. The number of H-pyrrole nitrogens is 1. The van der Waals surface area contributed by atoms with E-state index >= 15 is 0 Å². The number of hydrogen-bond acceptors (Lipinski definition) is 4. The highest BCUT2D eigenvalue weighted by atomic mass is 16.2. The molecule has 1 aliphatic rings. The number of carbonyl (C=O) groups is 2. The number of nitrogens with one attached hydrogen (secondary N) is 3. The standard InChI is InChI=1S/C11H17N5O2/c1-5(2)9-8(12)10(16-15-9)11(18)14-6-3-7(17)13-4-6/h5-6H,3-4,12H2,1-2H3,(H,13,17)(H,14,18)(H,15,16). The van der Waals surface area contributed by atoms with E-state index in [4.69, 9.17) is 5.73 Å². The Labute approximate surface area is 105 Å². The van der Waals surface area contributed by atoms with Crippen LogP contribution in [0.1, 0.15) is 42.4 Å². The van der Waals surface area contributed by atoms with Gasteiger partial charge in [0.1, 0.15) is 0 Å². The predicted molar refractivity (Wildman–Crippen MR) is 66.0 cm³/mol. The summed E-state index contributed by atoms with van der Waals surface area (Å²) in [6, 6.07) is -0.191. The van der Waals surface area contributed by atoms with Crippen LogP contribution in [-0.4, -0.2) is 34.6 Å². The summed E-state index contributed by atoms with van der Waals surface area (Å²) in [5.41, 5.74) is 7.19. The molecular formula is C11H17N5O2. The van der Waals surface area contributed by atoms with Crippen molar-refractivity contribution in [2.75, 3.05) is 12.3 Å². The van der Waals surface area contributed by atoms with Gasteiger partial charge in [0.15, 0.2) is 5.69 Å². The Morgan fingerprint density at radius 1 is 1.56 bits per heavy atom. The zero-order chi connectivity index (χ0) is 13.3. The molecule has 18 heavy (non-hydrogen) atoms. The van der Waals surface area contributed by atoms with Crippen LogP contribution in [-0.2, 0) is 4.79 Å². The summed E-state index contributed by atoms with van der Waals surface area (Å²) in [5, 5.41) is 12.1. The third-order valence-corrected chi connectivity index (χ3v) is 2.94. The van der Waals surface area contributed by atoms with Gasteiger partial charge in [-0.2, -0.15) is 5.10 Å². The minimum atomic E-state index is -0.350. The summed E-state index contributed by atoms with van der Waals surface area (Å²) < 4.78 is 0. The lowest BCUT2D eigenvalue weighted by atomic mass is 10.1. The first-order valence-electron chi connectivity index (χ1n) is 5.90. The molecular weight excluding hydrogens is 234 g/mol. The Balaban J connectivity index is 2.07. The molecule has 98 valence electrons. The molecule has 0 radical (unpaired) electrons. The SMILES string of the molecule is CC(C)c1[nH]nc(C(=O)NC2CNC(=O)C2)c1N. The average molecular weight is 251 g/mol. The second-order valence-electron chi connectivity index (χ2n) is 4.73. The highest BCUT2D eigenvalue weighted by Crippen LogP contribution is 2.22. The van der Waals surface area contributed by atoms with Gasteiger partial charge in [-0.25, -0.2) is 0 Å². The van der Waals surface area contributed by atoms with E-state index in [1.54, 1.807) is 0 Å². The van der Waals surface area contributed by atoms with Crippen molar-refractivity contribution < 1.29 is 9.59 Å². The molecule has 0 aliphatic carbocycles.